The molecule has 1 aromatic carbocycles. The Morgan fingerprint density at radius 2 is 1.88 bits per heavy atom. The molecule has 2 aromatic heterocycles. The van der Waals surface area contributed by atoms with Gasteiger partial charge in [0.25, 0.3) is 0 Å². The van der Waals surface area contributed by atoms with E-state index in [1.807, 2.05) is 23.1 Å². The first-order chi connectivity index (χ1) is 15.7. The minimum atomic E-state index is -4.87. The Balaban J connectivity index is 1.34. The molecule has 2 aliphatic rings. The van der Waals surface area contributed by atoms with Crippen molar-refractivity contribution >= 4 is 22.8 Å². The molecule has 0 aliphatic carbocycles. The zero-order chi connectivity index (χ0) is 23.3. The monoisotopic (exact) mass is 461 g/mol. The summed E-state index contributed by atoms with van der Waals surface area (Å²) in [6.45, 7) is 1.33. The smallest absolute Gasteiger partial charge is 0.471 e. The minimum absolute atomic E-state index is 0.0109. The van der Waals surface area contributed by atoms with E-state index in [0.717, 1.165) is 21.6 Å². The zero-order valence-electron chi connectivity index (χ0n) is 17.6. The number of aromatic nitrogens is 3. The fraction of sp³-hybridized carbons (Fsp3) is 0.409. The first kappa shape index (κ1) is 21.5. The van der Waals surface area contributed by atoms with Crippen LogP contribution >= 0.6 is 0 Å². The number of hydrogen-bond acceptors (Lipinski definition) is 6. The summed E-state index contributed by atoms with van der Waals surface area (Å²) in [5.41, 5.74) is 3.28. The number of β-amino-alcohol motifs (C(OH)–C–C–N with tert-alkyl or cyclic N) is 1. The van der Waals surface area contributed by atoms with E-state index in [4.69, 9.17) is 0 Å². The third kappa shape index (κ3) is 4.08. The van der Waals surface area contributed by atoms with E-state index < -0.39 is 12.1 Å². The van der Waals surface area contributed by atoms with Crippen LogP contribution in [0, 0.1) is 0 Å². The second kappa shape index (κ2) is 7.91. The molecule has 0 unspecified atom stereocenters. The molecule has 2 N–H and O–H groups in total. The summed E-state index contributed by atoms with van der Waals surface area (Å²) in [6, 6.07) is 5.67. The van der Waals surface area contributed by atoms with E-state index in [-0.39, 0.29) is 25.1 Å². The number of nitrogens with zero attached hydrogens (tertiary/aromatic N) is 5. The number of benzene rings is 1. The van der Waals surface area contributed by atoms with Gasteiger partial charge in [-0.2, -0.15) is 13.2 Å². The van der Waals surface area contributed by atoms with Gasteiger partial charge in [0.05, 0.1) is 23.6 Å². The maximum atomic E-state index is 12.8. The molecule has 8 nitrogen and oxygen atoms in total. The Kier molecular flexibility index (Phi) is 5.15. The third-order valence-corrected chi connectivity index (χ3v) is 6.20. The Hall–Kier alpha value is -3.34. The Labute approximate surface area is 186 Å². The van der Waals surface area contributed by atoms with Gasteiger partial charge >= 0.3 is 12.1 Å². The molecular formula is C22H22F3N5O3. The number of amides is 1. The molecule has 174 valence electrons. The summed E-state index contributed by atoms with van der Waals surface area (Å²) in [5, 5.41) is 20.6. The number of rotatable bonds is 3. The number of anilines is 1. The van der Waals surface area contributed by atoms with Gasteiger partial charge < -0.3 is 24.6 Å². The van der Waals surface area contributed by atoms with Crippen LogP contribution in [0.15, 0.2) is 30.6 Å². The predicted octanol–water partition coefficient (Wildman–Crippen LogP) is 1.86. The zero-order valence-corrected chi connectivity index (χ0v) is 17.6. The van der Waals surface area contributed by atoms with Gasteiger partial charge in [-0.15, -0.1) is 0 Å². The highest BCUT2D eigenvalue weighted by atomic mass is 19.4. The summed E-state index contributed by atoms with van der Waals surface area (Å²) in [6.07, 6.45) is -1.28. The van der Waals surface area contributed by atoms with E-state index in [2.05, 4.69) is 9.97 Å². The second-order valence-corrected chi connectivity index (χ2v) is 8.50. The number of carbonyl (C=O) groups excluding carboxylic acids is 1. The number of aliphatic hydroxyl groups excluding tert-OH is 1. The normalized spacial score (nSPS) is 17.1. The Morgan fingerprint density at radius 1 is 1.15 bits per heavy atom. The van der Waals surface area contributed by atoms with Crippen molar-refractivity contribution in [1.82, 2.24) is 19.4 Å². The molecule has 5 rings (SSSR count). The van der Waals surface area contributed by atoms with Crippen LogP contribution in [-0.4, -0.2) is 74.0 Å². The van der Waals surface area contributed by atoms with Crippen molar-refractivity contribution in [1.29, 1.82) is 0 Å². The number of hydrogen-bond donors (Lipinski definition) is 2. The highest BCUT2D eigenvalue weighted by molar-refractivity contribution is 5.84. The molecule has 0 bridgehead atoms. The summed E-state index contributed by atoms with van der Waals surface area (Å²) in [5.74, 6) is -1.28. The summed E-state index contributed by atoms with van der Waals surface area (Å²) >= 11 is 0. The lowest BCUT2D eigenvalue weighted by Crippen LogP contribution is -2.51. The highest BCUT2D eigenvalue weighted by Gasteiger charge is 2.42. The van der Waals surface area contributed by atoms with Gasteiger partial charge in [-0.1, -0.05) is 18.2 Å². The number of carbonyl (C=O) groups is 1. The van der Waals surface area contributed by atoms with E-state index in [1.165, 1.54) is 0 Å². The van der Waals surface area contributed by atoms with Crippen molar-refractivity contribution < 1.29 is 28.2 Å². The molecule has 0 radical (unpaired) electrons. The van der Waals surface area contributed by atoms with Crippen LogP contribution in [0.1, 0.15) is 16.7 Å². The van der Waals surface area contributed by atoms with Gasteiger partial charge in [0.1, 0.15) is 0 Å². The molecule has 0 saturated carbocycles. The van der Waals surface area contributed by atoms with Gasteiger partial charge in [0.2, 0.25) is 11.8 Å². The molecule has 33 heavy (non-hydrogen) atoms. The van der Waals surface area contributed by atoms with E-state index in [0.29, 0.717) is 49.3 Å². The van der Waals surface area contributed by atoms with Crippen molar-refractivity contribution in [3.05, 3.63) is 47.3 Å². The topological polar surface area (TPSA) is 94.7 Å². The van der Waals surface area contributed by atoms with E-state index in [9.17, 15) is 28.2 Å². The lowest BCUT2D eigenvalue weighted by molar-refractivity contribution is -0.185. The SMILES string of the molecule is O=C(N1CCc2ccc(Cn3cc4nc(N5CC(O)C5)ncc4c3O)cc2CC1)C(F)(F)F. The van der Waals surface area contributed by atoms with Crippen molar-refractivity contribution in [3.63, 3.8) is 0 Å². The quantitative estimate of drug-likeness (QED) is 0.619. The average molecular weight is 461 g/mol. The number of aliphatic hydroxyl groups is 1. The Morgan fingerprint density at radius 3 is 2.58 bits per heavy atom. The summed E-state index contributed by atoms with van der Waals surface area (Å²) < 4.78 is 40.0. The highest BCUT2D eigenvalue weighted by Crippen LogP contribution is 2.29. The van der Waals surface area contributed by atoms with Crippen molar-refractivity contribution in [2.75, 3.05) is 31.1 Å². The molecule has 1 saturated heterocycles. The first-order valence-corrected chi connectivity index (χ1v) is 10.6. The molecular weight excluding hydrogens is 439 g/mol. The van der Waals surface area contributed by atoms with Crippen molar-refractivity contribution in [2.24, 2.45) is 0 Å². The fourth-order valence-corrected chi connectivity index (χ4v) is 4.37. The van der Waals surface area contributed by atoms with Gasteiger partial charge in [-0.3, -0.25) is 4.79 Å². The second-order valence-electron chi connectivity index (χ2n) is 8.50. The molecule has 0 atom stereocenters. The van der Waals surface area contributed by atoms with Crippen LogP contribution < -0.4 is 4.90 Å². The molecule has 2 aliphatic heterocycles. The molecule has 4 heterocycles. The Bertz CT molecular complexity index is 1220. The standard InChI is InChI=1S/C22H22F3N5O3/c23-22(24,25)20(33)28-5-3-14-2-1-13(7-15(14)4-6-28)9-29-12-18-17(19(29)32)8-26-21(27-18)30-10-16(31)11-30/h1-2,7-8,12,16,31-32H,3-6,9-11H2. The van der Waals surface area contributed by atoms with Gasteiger partial charge in [-0.05, 0) is 29.5 Å². The molecule has 0 spiro atoms. The third-order valence-electron chi connectivity index (χ3n) is 6.20. The predicted molar refractivity (Wildman–Crippen MR) is 113 cm³/mol. The first-order valence-electron chi connectivity index (χ1n) is 10.6. The maximum Gasteiger partial charge on any atom is 0.471 e. The maximum absolute atomic E-state index is 12.8. The van der Waals surface area contributed by atoms with Crippen LogP contribution in [-0.2, 0) is 24.2 Å². The lowest BCUT2D eigenvalue weighted by Gasteiger charge is -2.35. The minimum Gasteiger partial charge on any atom is -0.494 e. The van der Waals surface area contributed by atoms with Crippen LogP contribution in [0.25, 0.3) is 10.9 Å². The van der Waals surface area contributed by atoms with Gasteiger partial charge in [0, 0.05) is 38.6 Å². The van der Waals surface area contributed by atoms with E-state index in [1.54, 1.807) is 17.0 Å². The number of aromatic hydroxyl groups is 1. The van der Waals surface area contributed by atoms with Crippen molar-refractivity contribution in [2.45, 2.75) is 31.7 Å². The number of alkyl halides is 3. The molecule has 1 fully saturated rings. The van der Waals surface area contributed by atoms with Crippen LogP contribution in [0.5, 0.6) is 5.88 Å². The van der Waals surface area contributed by atoms with Crippen LogP contribution in [0.2, 0.25) is 0 Å². The molecule has 3 aromatic rings. The lowest BCUT2D eigenvalue weighted by atomic mass is 10.00. The van der Waals surface area contributed by atoms with Crippen molar-refractivity contribution in [3.8, 4) is 5.88 Å². The molecule has 11 heteroatoms. The summed E-state index contributed by atoms with van der Waals surface area (Å²) in [4.78, 5) is 23.1. The fourth-order valence-electron chi connectivity index (χ4n) is 4.37. The van der Waals surface area contributed by atoms with Crippen LogP contribution in [0.3, 0.4) is 0 Å². The van der Waals surface area contributed by atoms with Gasteiger partial charge in [0.15, 0.2) is 0 Å². The number of fused-ring (bicyclic) bond motifs is 2. The largest absolute Gasteiger partial charge is 0.494 e. The van der Waals surface area contributed by atoms with Crippen LogP contribution in [0.4, 0.5) is 19.1 Å². The molecule has 1 amide bonds. The average Bonchev–Trinajstić information content (AvgIpc) is 2.92. The summed E-state index contributed by atoms with van der Waals surface area (Å²) in [7, 11) is 0. The number of halogens is 3. The van der Waals surface area contributed by atoms with E-state index >= 15 is 0 Å². The van der Waals surface area contributed by atoms with Gasteiger partial charge in [-0.25, -0.2) is 9.97 Å².